The number of phosphoric ester groups is 1. The monoisotopic (exact) mass is 361 g/mol. The van der Waals surface area contributed by atoms with Crippen LogP contribution in [0.15, 0.2) is 48.5 Å². The molecule has 0 heterocycles. The molecule has 0 aliphatic carbocycles. The molecule has 0 radical (unpaired) electrons. The first-order valence-electron chi connectivity index (χ1n) is 8.29. The summed E-state index contributed by atoms with van der Waals surface area (Å²) in [5.41, 5.74) is 1.49. The third-order valence-electron chi connectivity index (χ3n) is 3.75. The third-order valence-corrected chi connectivity index (χ3v) is 4.61. The van der Waals surface area contributed by atoms with Crippen molar-refractivity contribution in [3.8, 4) is 11.5 Å². The molecule has 5 heteroatoms. The summed E-state index contributed by atoms with van der Waals surface area (Å²) in [6, 6.07) is 13.8. The quantitative estimate of drug-likeness (QED) is 0.702. The Labute approximate surface area is 150 Å². The van der Waals surface area contributed by atoms with Crippen LogP contribution in [0, 0.1) is 0 Å². The van der Waals surface area contributed by atoms with Crippen LogP contribution in [0.1, 0.15) is 52.7 Å². The molecule has 2 aromatic rings. The van der Waals surface area contributed by atoms with Crippen LogP contribution in [0.25, 0.3) is 0 Å². The summed E-state index contributed by atoms with van der Waals surface area (Å²) in [7, 11) is -4.55. The van der Waals surface area contributed by atoms with Crippen molar-refractivity contribution in [2.45, 2.75) is 52.4 Å². The fourth-order valence-corrected chi connectivity index (χ4v) is 3.57. The van der Waals surface area contributed by atoms with E-state index < -0.39 is 7.82 Å². The predicted octanol–water partition coefficient (Wildman–Crippen LogP) is 5.21. The minimum absolute atomic E-state index is 0.144. The lowest BCUT2D eigenvalue weighted by molar-refractivity contribution is -0.208. The molecule has 0 saturated carbocycles. The lowest BCUT2D eigenvalue weighted by Crippen LogP contribution is -2.24. The van der Waals surface area contributed by atoms with Crippen molar-refractivity contribution in [3.05, 3.63) is 59.7 Å². The fraction of sp³-hybridized carbons (Fsp3) is 0.400. The summed E-state index contributed by atoms with van der Waals surface area (Å²) in [5.74, 6) is 0.541. The summed E-state index contributed by atoms with van der Waals surface area (Å²) in [6.07, 6.45) is 0. The normalized spacial score (nSPS) is 14.7. The number of hydrogen-bond acceptors (Lipinski definition) is 4. The van der Waals surface area contributed by atoms with Crippen LogP contribution in [0.4, 0.5) is 0 Å². The molecule has 0 spiro atoms. The molecule has 0 fully saturated rings. The van der Waals surface area contributed by atoms with Crippen LogP contribution >= 0.6 is 7.82 Å². The van der Waals surface area contributed by atoms with Crippen molar-refractivity contribution in [2.75, 3.05) is 0 Å². The zero-order valence-corrected chi connectivity index (χ0v) is 16.6. The van der Waals surface area contributed by atoms with E-state index in [1.807, 2.05) is 32.9 Å². The van der Waals surface area contributed by atoms with Crippen LogP contribution in [0.2, 0.25) is 0 Å². The Morgan fingerprint density at radius 3 is 1.92 bits per heavy atom. The van der Waals surface area contributed by atoms with E-state index in [2.05, 4.69) is 20.8 Å². The van der Waals surface area contributed by atoms with Crippen molar-refractivity contribution in [1.82, 2.24) is 0 Å². The average molecular weight is 361 g/mol. The second-order valence-electron chi connectivity index (χ2n) is 8.12. The number of benzene rings is 2. The smallest absolute Gasteiger partial charge is 0.372 e. The minimum atomic E-state index is -4.55. The Hall–Kier alpha value is -1.77. The summed E-state index contributed by atoms with van der Waals surface area (Å²) in [5, 5.41) is 0. The maximum Gasteiger partial charge on any atom is 0.372 e. The van der Waals surface area contributed by atoms with Crippen LogP contribution in [0.5, 0.6) is 11.5 Å². The molecule has 0 aliphatic rings. The van der Waals surface area contributed by atoms with Gasteiger partial charge in [-0.2, -0.15) is 0 Å². The van der Waals surface area contributed by atoms with Gasteiger partial charge in [0.05, 0.1) is 0 Å². The van der Waals surface area contributed by atoms with Gasteiger partial charge in [0.15, 0.2) is 0 Å². The van der Waals surface area contributed by atoms with Gasteiger partial charge in [-0.1, -0.05) is 71.9 Å². The fourth-order valence-electron chi connectivity index (χ4n) is 2.76. The Kier molecular flexibility index (Phi) is 5.36. The van der Waals surface area contributed by atoms with Gasteiger partial charge in [-0.15, -0.1) is 0 Å². The van der Waals surface area contributed by atoms with E-state index in [9.17, 15) is 9.46 Å². The molecule has 136 valence electrons. The van der Waals surface area contributed by atoms with Crippen LogP contribution < -0.4 is 13.9 Å². The van der Waals surface area contributed by atoms with E-state index in [-0.39, 0.29) is 16.6 Å². The topological polar surface area (TPSA) is 58.6 Å². The minimum Gasteiger partial charge on any atom is -0.736 e. The Bertz CT molecular complexity index is 771. The van der Waals surface area contributed by atoms with E-state index in [1.54, 1.807) is 36.4 Å². The van der Waals surface area contributed by atoms with Gasteiger partial charge in [-0.05, 0) is 34.6 Å². The van der Waals surface area contributed by atoms with Gasteiger partial charge in [0.2, 0.25) is 0 Å². The lowest BCUT2D eigenvalue weighted by atomic mass is 9.75. The standard InChI is InChI=1S/C20H27O4P/c1-19(2,3)16-13-10-14-17(18(16)20(4,5)6)24-25(21,22)23-15-11-8-7-9-12-15/h7-14H,1-6H3,(H,21,22)/p-1. The van der Waals surface area contributed by atoms with E-state index in [1.165, 1.54) is 0 Å². The second-order valence-corrected chi connectivity index (χ2v) is 9.38. The highest BCUT2D eigenvalue weighted by atomic mass is 31.2. The molecule has 2 aromatic carbocycles. The molecule has 25 heavy (non-hydrogen) atoms. The SMILES string of the molecule is CC(C)(C)c1cccc(OP(=O)([O-])Oc2ccccc2)c1C(C)(C)C. The largest absolute Gasteiger partial charge is 0.736 e. The summed E-state index contributed by atoms with van der Waals surface area (Å²) < 4.78 is 22.8. The third kappa shape index (κ3) is 5.10. The zero-order chi connectivity index (χ0) is 18.9. The van der Waals surface area contributed by atoms with Gasteiger partial charge in [-0.25, -0.2) is 4.57 Å². The van der Waals surface area contributed by atoms with Crippen molar-refractivity contribution in [1.29, 1.82) is 0 Å². The average Bonchev–Trinajstić information content (AvgIpc) is 2.45. The summed E-state index contributed by atoms with van der Waals surface area (Å²) >= 11 is 0. The van der Waals surface area contributed by atoms with Crippen molar-refractivity contribution in [2.24, 2.45) is 0 Å². The Balaban J connectivity index is 2.44. The number of rotatable bonds is 4. The Morgan fingerprint density at radius 1 is 0.800 bits per heavy atom. The molecule has 1 atom stereocenters. The second kappa shape index (κ2) is 6.86. The van der Waals surface area contributed by atoms with Gasteiger partial charge < -0.3 is 13.9 Å². The zero-order valence-electron chi connectivity index (χ0n) is 15.7. The predicted molar refractivity (Wildman–Crippen MR) is 99.1 cm³/mol. The number of phosphoric acid groups is 1. The molecule has 1 unspecified atom stereocenters. The van der Waals surface area contributed by atoms with Crippen molar-refractivity contribution in [3.63, 3.8) is 0 Å². The van der Waals surface area contributed by atoms with Gasteiger partial charge in [0.1, 0.15) is 11.5 Å². The van der Waals surface area contributed by atoms with Crippen LogP contribution in [0.3, 0.4) is 0 Å². The number of para-hydroxylation sites is 1. The summed E-state index contributed by atoms with van der Waals surface area (Å²) in [6.45, 7) is 12.4. The molecule has 0 N–H and O–H groups in total. The molecular formula is C20H26O4P-. The molecule has 0 aromatic heterocycles. The van der Waals surface area contributed by atoms with Crippen molar-refractivity contribution < 1.29 is 18.5 Å². The molecule has 0 saturated heterocycles. The first-order valence-corrected chi connectivity index (χ1v) is 9.75. The van der Waals surface area contributed by atoms with Crippen LogP contribution in [-0.2, 0) is 15.4 Å². The maximum absolute atomic E-state index is 12.4. The van der Waals surface area contributed by atoms with Crippen LogP contribution in [-0.4, -0.2) is 0 Å². The van der Waals surface area contributed by atoms with Crippen molar-refractivity contribution >= 4 is 7.82 Å². The van der Waals surface area contributed by atoms with Gasteiger partial charge in [-0.3, -0.25) is 0 Å². The van der Waals surface area contributed by atoms with Gasteiger partial charge in [0.25, 0.3) is 0 Å². The van der Waals surface area contributed by atoms with E-state index in [4.69, 9.17) is 9.05 Å². The molecule has 4 nitrogen and oxygen atoms in total. The number of hydrogen-bond donors (Lipinski definition) is 0. The molecule has 0 amide bonds. The maximum atomic E-state index is 12.4. The van der Waals surface area contributed by atoms with E-state index in [0.29, 0.717) is 5.75 Å². The molecular weight excluding hydrogens is 335 g/mol. The molecule has 0 aliphatic heterocycles. The van der Waals surface area contributed by atoms with Gasteiger partial charge in [0, 0.05) is 5.56 Å². The Morgan fingerprint density at radius 2 is 1.40 bits per heavy atom. The van der Waals surface area contributed by atoms with Gasteiger partial charge >= 0.3 is 7.82 Å². The highest BCUT2D eigenvalue weighted by Gasteiger charge is 2.30. The summed E-state index contributed by atoms with van der Waals surface area (Å²) in [4.78, 5) is 12.4. The first-order chi connectivity index (χ1) is 11.4. The molecule has 2 rings (SSSR count). The highest BCUT2D eigenvalue weighted by molar-refractivity contribution is 7.46. The molecule has 0 bridgehead atoms. The van der Waals surface area contributed by atoms with E-state index in [0.717, 1.165) is 11.1 Å². The van der Waals surface area contributed by atoms with E-state index >= 15 is 0 Å². The highest BCUT2D eigenvalue weighted by Crippen LogP contribution is 2.46. The lowest BCUT2D eigenvalue weighted by Gasteiger charge is -2.33. The first kappa shape index (κ1) is 19.6.